The Morgan fingerprint density at radius 3 is 2.67 bits per heavy atom. The molecule has 0 aromatic heterocycles. The molecular formula is C13H17FN2O4S. The molecular weight excluding hydrogens is 299 g/mol. The zero-order valence-electron chi connectivity index (χ0n) is 11.5. The Morgan fingerprint density at radius 2 is 2.14 bits per heavy atom. The third-order valence-electron chi connectivity index (χ3n) is 3.71. The van der Waals surface area contributed by atoms with E-state index in [4.69, 9.17) is 5.14 Å². The number of hydrogen-bond acceptors (Lipinski definition) is 4. The lowest BCUT2D eigenvalue weighted by Gasteiger charge is -2.37. The van der Waals surface area contributed by atoms with Crippen LogP contribution in [0.4, 0.5) is 10.1 Å². The summed E-state index contributed by atoms with van der Waals surface area (Å²) >= 11 is 0. The molecule has 2 atom stereocenters. The number of primary sulfonamides is 1. The van der Waals surface area contributed by atoms with Crippen LogP contribution in [0.3, 0.4) is 0 Å². The molecule has 1 aromatic rings. The van der Waals surface area contributed by atoms with Crippen LogP contribution in [-0.4, -0.2) is 32.1 Å². The first-order chi connectivity index (χ1) is 9.70. The zero-order valence-corrected chi connectivity index (χ0v) is 12.3. The predicted molar refractivity (Wildman–Crippen MR) is 74.9 cm³/mol. The predicted octanol–water partition coefficient (Wildman–Crippen LogP) is 1.16. The van der Waals surface area contributed by atoms with Gasteiger partial charge in [-0.25, -0.2) is 22.7 Å². The van der Waals surface area contributed by atoms with Crippen molar-refractivity contribution in [1.29, 1.82) is 0 Å². The first kappa shape index (κ1) is 15.7. The lowest BCUT2D eigenvalue weighted by Crippen LogP contribution is -2.47. The van der Waals surface area contributed by atoms with Gasteiger partial charge in [0.15, 0.2) is 0 Å². The van der Waals surface area contributed by atoms with Gasteiger partial charge in [0.1, 0.15) is 11.9 Å². The van der Waals surface area contributed by atoms with E-state index in [1.807, 2.05) is 6.92 Å². The van der Waals surface area contributed by atoms with Crippen molar-refractivity contribution < 1.29 is 22.7 Å². The largest absolute Gasteiger partial charge is 0.480 e. The number of carbonyl (C=O) groups is 1. The Morgan fingerprint density at radius 1 is 1.48 bits per heavy atom. The highest BCUT2D eigenvalue weighted by Gasteiger charge is 2.33. The van der Waals surface area contributed by atoms with Crippen LogP contribution in [-0.2, 0) is 14.8 Å². The molecule has 116 valence electrons. The minimum Gasteiger partial charge on any atom is -0.480 e. The molecule has 0 saturated carbocycles. The standard InChI is InChI=1S/C13H17FN2O4S/c1-8-4-5-16(12(6-8)13(17)18)11-3-2-9(7-10(11)14)21(15,19)20/h2-3,7-8,12H,4-6H2,1H3,(H,17,18)(H2,15,19,20). The molecule has 21 heavy (non-hydrogen) atoms. The molecule has 0 bridgehead atoms. The average molecular weight is 316 g/mol. The minimum absolute atomic E-state index is 0.0849. The number of sulfonamides is 1. The van der Waals surface area contributed by atoms with E-state index >= 15 is 0 Å². The molecule has 2 rings (SSSR count). The van der Waals surface area contributed by atoms with E-state index in [0.717, 1.165) is 12.5 Å². The second-order valence-corrected chi connectivity index (χ2v) is 6.90. The molecule has 6 nitrogen and oxygen atoms in total. The number of carboxylic acid groups (broad SMARTS) is 1. The number of nitrogens with two attached hydrogens (primary N) is 1. The Bertz CT molecular complexity index is 662. The van der Waals surface area contributed by atoms with Gasteiger partial charge in [-0.15, -0.1) is 0 Å². The lowest BCUT2D eigenvalue weighted by atomic mass is 9.92. The highest BCUT2D eigenvalue weighted by molar-refractivity contribution is 7.89. The SMILES string of the molecule is CC1CCN(c2ccc(S(N)(=O)=O)cc2F)C(C(=O)O)C1. The topological polar surface area (TPSA) is 101 Å². The van der Waals surface area contributed by atoms with Gasteiger partial charge in [0.2, 0.25) is 10.0 Å². The first-order valence-corrected chi connectivity index (χ1v) is 8.06. The fourth-order valence-electron chi connectivity index (χ4n) is 2.56. The molecule has 8 heteroatoms. The molecule has 1 aromatic carbocycles. The smallest absolute Gasteiger partial charge is 0.326 e. The maximum atomic E-state index is 14.1. The van der Waals surface area contributed by atoms with Gasteiger partial charge in [-0.3, -0.25) is 0 Å². The van der Waals surface area contributed by atoms with Crippen LogP contribution in [0.5, 0.6) is 0 Å². The fourth-order valence-corrected chi connectivity index (χ4v) is 3.09. The summed E-state index contributed by atoms with van der Waals surface area (Å²) in [4.78, 5) is 12.5. The van der Waals surface area contributed by atoms with E-state index < -0.39 is 27.9 Å². The third kappa shape index (κ3) is 3.33. The number of nitrogens with zero attached hydrogens (tertiary/aromatic N) is 1. The van der Waals surface area contributed by atoms with Gasteiger partial charge >= 0.3 is 5.97 Å². The number of carboxylic acids is 1. The second-order valence-electron chi connectivity index (χ2n) is 5.34. The summed E-state index contributed by atoms with van der Waals surface area (Å²) in [7, 11) is -3.99. The monoisotopic (exact) mass is 316 g/mol. The Hall–Kier alpha value is -1.67. The molecule has 1 aliphatic heterocycles. The average Bonchev–Trinajstić information content (AvgIpc) is 2.38. The first-order valence-electron chi connectivity index (χ1n) is 6.52. The van der Waals surface area contributed by atoms with Crippen LogP contribution >= 0.6 is 0 Å². The molecule has 0 spiro atoms. The lowest BCUT2D eigenvalue weighted by molar-refractivity contribution is -0.139. The summed E-state index contributed by atoms with van der Waals surface area (Å²) in [6, 6.07) is 2.46. The van der Waals surface area contributed by atoms with Crippen molar-refractivity contribution in [3.63, 3.8) is 0 Å². The van der Waals surface area contributed by atoms with E-state index in [2.05, 4.69) is 0 Å². The fraction of sp³-hybridized carbons (Fsp3) is 0.462. The van der Waals surface area contributed by atoms with Crippen LogP contribution in [0.1, 0.15) is 19.8 Å². The maximum Gasteiger partial charge on any atom is 0.326 e. The Kier molecular flexibility index (Phi) is 4.20. The van der Waals surface area contributed by atoms with Crippen molar-refractivity contribution in [1.82, 2.24) is 0 Å². The molecule has 2 unspecified atom stereocenters. The Labute approximate surface area is 122 Å². The van der Waals surface area contributed by atoms with Crippen molar-refractivity contribution in [2.24, 2.45) is 11.1 Å². The van der Waals surface area contributed by atoms with Gasteiger partial charge in [-0.1, -0.05) is 6.92 Å². The summed E-state index contributed by atoms with van der Waals surface area (Å²) in [6.07, 6.45) is 1.17. The van der Waals surface area contributed by atoms with Crippen LogP contribution in [0, 0.1) is 11.7 Å². The van der Waals surface area contributed by atoms with Crippen LogP contribution in [0.25, 0.3) is 0 Å². The van der Waals surface area contributed by atoms with Gasteiger partial charge in [0.25, 0.3) is 0 Å². The number of rotatable bonds is 3. The molecule has 0 radical (unpaired) electrons. The summed E-state index contributed by atoms with van der Waals surface area (Å²) < 4.78 is 36.5. The quantitative estimate of drug-likeness (QED) is 0.871. The van der Waals surface area contributed by atoms with E-state index in [0.29, 0.717) is 13.0 Å². The van der Waals surface area contributed by atoms with Gasteiger partial charge in [-0.05, 0) is 37.0 Å². The van der Waals surface area contributed by atoms with Crippen molar-refractivity contribution in [2.45, 2.75) is 30.7 Å². The van der Waals surface area contributed by atoms with E-state index in [9.17, 15) is 22.7 Å². The number of piperidine rings is 1. The maximum absolute atomic E-state index is 14.1. The van der Waals surface area contributed by atoms with E-state index in [1.165, 1.54) is 17.0 Å². The van der Waals surface area contributed by atoms with Crippen molar-refractivity contribution in [2.75, 3.05) is 11.4 Å². The van der Waals surface area contributed by atoms with E-state index in [-0.39, 0.29) is 16.5 Å². The number of anilines is 1. The molecule has 1 aliphatic rings. The van der Waals surface area contributed by atoms with Crippen LogP contribution in [0.15, 0.2) is 23.1 Å². The van der Waals surface area contributed by atoms with Crippen LogP contribution in [0.2, 0.25) is 0 Å². The van der Waals surface area contributed by atoms with Gasteiger partial charge in [0.05, 0.1) is 10.6 Å². The summed E-state index contributed by atoms with van der Waals surface area (Å²) in [5.41, 5.74) is 0.0849. The molecule has 1 fully saturated rings. The van der Waals surface area contributed by atoms with Gasteiger partial charge in [-0.2, -0.15) is 0 Å². The molecule has 0 aliphatic carbocycles. The van der Waals surface area contributed by atoms with Crippen LogP contribution < -0.4 is 10.0 Å². The molecule has 1 saturated heterocycles. The summed E-state index contributed by atoms with van der Waals surface area (Å²) in [5, 5.41) is 14.2. The zero-order chi connectivity index (χ0) is 15.8. The van der Waals surface area contributed by atoms with Gasteiger partial charge in [0, 0.05) is 6.54 Å². The van der Waals surface area contributed by atoms with E-state index in [1.54, 1.807) is 0 Å². The summed E-state index contributed by atoms with van der Waals surface area (Å²) in [6.45, 7) is 2.36. The number of halogens is 1. The minimum atomic E-state index is -3.99. The molecule has 1 heterocycles. The molecule has 0 amide bonds. The number of aliphatic carboxylic acids is 1. The summed E-state index contributed by atoms with van der Waals surface area (Å²) in [5.74, 6) is -1.56. The normalized spacial score (nSPS) is 23.1. The highest BCUT2D eigenvalue weighted by Crippen LogP contribution is 2.30. The van der Waals surface area contributed by atoms with Crippen molar-refractivity contribution >= 4 is 21.7 Å². The highest BCUT2D eigenvalue weighted by atomic mass is 32.2. The van der Waals surface area contributed by atoms with Crippen molar-refractivity contribution in [3.8, 4) is 0 Å². The Balaban J connectivity index is 2.39. The third-order valence-corrected chi connectivity index (χ3v) is 4.62. The van der Waals surface area contributed by atoms with Gasteiger partial charge < -0.3 is 10.0 Å². The van der Waals surface area contributed by atoms with Crippen molar-refractivity contribution in [3.05, 3.63) is 24.0 Å². The number of benzene rings is 1. The molecule has 3 N–H and O–H groups in total. The number of hydrogen-bond donors (Lipinski definition) is 2. The second kappa shape index (κ2) is 5.61.